The Bertz CT molecular complexity index is 1180. The smallest absolute Gasteiger partial charge is 0.295 e. The van der Waals surface area contributed by atoms with Crippen molar-refractivity contribution in [2.45, 2.75) is 10.9 Å². The summed E-state index contributed by atoms with van der Waals surface area (Å²) in [6, 6.07) is 11.3. The van der Waals surface area contributed by atoms with Gasteiger partial charge >= 0.3 is 0 Å². The van der Waals surface area contributed by atoms with E-state index in [1.807, 2.05) is 0 Å². The van der Waals surface area contributed by atoms with Gasteiger partial charge in [-0.15, -0.1) is 0 Å². The number of Topliss-reactive ketones (excluding diaryl/α,β-unsaturated/α-hetero) is 1. The summed E-state index contributed by atoms with van der Waals surface area (Å²) in [6.07, 6.45) is 0. The van der Waals surface area contributed by atoms with Gasteiger partial charge in [-0.1, -0.05) is 23.7 Å². The SMILES string of the molecule is COCCN1C(=O)C(=O)C(=C(O)c2ccc(S(=O)(=O)N(C)C)cc2)[C@@H]1c1cccc(Cl)c1. The molecule has 32 heavy (non-hydrogen) atoms. The number of amides is 1. The summed E-state index contributed by atoms with van der Waals surface area (Å²) in [6.45, 7) is 0.330. The molecule has 0 bridgehead atoms. The molecule has 8 nitrogen and oxygen atoms in total. The molecule has 1 fully saturated rings. The molecule has 1 amide bonds. The standard InChI is InChI=1S/C22H23ClN2O6S/c1-24(2)32(29,30)17-9-7-14(8-10-17)20(26)18-19(15-5-4-6-16(23)13-15)25(11-12-31-3)22(28)21(18)27/h4-10,13,19,26H,11-12H2,1-3H3/t19-/m0/s1. The number of carbonyl (C=O) groups is 2. The summed E-state index contributed by atoms with van der Waals surface area (Å²) in [5.74, 6) is -2.00. The normalized spacial score (nSPS) is 18.5. The number of halogens is 1. The van der Waals surface area contributed by atoms with Crippen LogP contribution in [0.5, 0.6) is 0 Å². The third-order valence-corrected chi connectivity index (χ3v) is 7.21. The van der Waals surface area contributed by atoms with E-state index < -0.39 is 33.5 Å². The second kappa shape index (κ2) is 9.41. The Labute approximate surface area is 191 Å². The molecule has 0 radical (unpaired) electrons. The van der Waals surface area contributed by atoms with Gasteiger partial charge in [-0.3, -0.25) is 9.59 Å². The summed E-state index contributed by atoms with van der Waals surface area (Å²) in [5, 5.41) is 11.4. The topological polar surface area (TPSA) is 104 Å². The number of ether oxygens (including phenoxy) is 1. The van der Waals surface area contributed by atoms with E-state index in [1.54, 1.807) is 24.3 Å². The van der Waals surface area contributed by atoms with Crippen LogP contribution in [0, 0.1) is 0 Å². The van der Waals surface area contributed by atoms with Crippen molar-refractivity contribution in [2.75, 3.05) is 34.4 Å². The minimum absolute atomic E-state index is 0.0333. The number of ketones is 1. The zero-order chi connectivity index (χ0) is 23.6. The molecule has 10 heteroatoms. The summed E-state index contributed by atoms with van der Waals surface area (Å²) in [4.78, 5) is 27.0. The molecule has 1 aliphatic heterocycles. The molecule has 3 rings (SSSR count). The van der Waals surface area contributed by atoms with Crippen LogP contribution in [0.4, 0.5) is 0 Å². The molecule has 1 heterocycles. The Morgan fingerprint density at radius 2 is 1.81 bits per heavy atom. The highest BCUT2D eigenvalue weighted by atomic mass is 35.5. The molecule has 0 aromatic heterocycles. The Balaban J connectivity index is 2.13. The van der Waals surface area contributed by atoms with E-state index in [4.69, 9.17) is 16.3 Å². The monoisotopic (exact) mass is 478 g/mol. The Kier molecular flexibility index (Phi) is 7.04. The highest BCUT2D eigenvalue weighted by Gasteiger charge is 2.45. The van der Waals surface area contributed by atoms with Gasteiger partial charge in [-0.05, 0) is 42.0 Å². The lowest BCUT2D eigenvalue weighted by Crippen LogP contribution is -2.32. The van der Waals surface area contributed by atoms with Gasteiger partial charge in [0, 0.05) is 38.3 Å². The molecule has 1 saturated heterocycles. The van der Waals surface area contributed by atoms with Crippen LogP contribution in [0.15, 0.2) is 59.0 Å². The molecular weight excluding hydrogens is 456 g/mol. The molecule has 1 atom stereocenters. The average molecular weight is 479 g/mol. The van der Waals surface area contributed by atoms with E-state index in [0.717, 1.165) is 4.31 Å². The van der Waals surface area contributed by atoms with Crippen LogP contribution in [0.25, 0.3) is 5.76 Å². The highest BCUT2D eigenvalue weighted by Crippen LogP contribution is 2.39. The molecule has 170 valence electrons. The van der Waals surface area contributed by atoms with Crippen LogP contribution in [0.2, 0.25) is 5.02 Å². The fraction of sp³-hybridized carbons (Fsp3) is 0.273. The fourth-order valence-electron chi connectivity index (χ4n) is 3.47. The first-order valence-corrected chi connectivity index (χ1v) is 11.5. The van der Waals surface area contributed by atoms with Gasteiger partial charge in [0.15, 0.2) is 0 Å². The first-order chi connectivity index (χ1) is 15.1. The van der Waals surface area contributed by atoms with Crippen molar-refractivity contribution in [3.63, 3.8) is 0 Å². The average Bonchev–Trinajstić information content (AvgIpc) is 3.02. The maximum Gasteiger partial charge on any atom is 0.295 e. The molecule has 1 N–H and O–H groups in total. The van der Waals surface area contributed by atoms with Crippen LogP contribution < -0.4 is 0 Å². The molecule has 0 aliphatic carbocycles. The van der Waals surface area contributed by atoms with E-state index in [2.05, 4.69) is 0 Å². The Morgan fingerprint density at radius 1 is 1.16 bits per heavy atom. The number of aliphatic hydroxyl groups is 1. The molecule has 0 saturated carbocycles. The minimum atomic E-state index is -3.66. The molecule has 1 aliphatic rings. The predicted molar refractivity (Wildman–Crippen MR) is 120 cm³/mol. The number of hydrogen-bond acceptors (Lipinski definition) is 6. The van der Waals surface area contributed by atoms with Crippen LogP contribution >= 0.6 is 11.6 Å². The van der Waals surface area contributed by atoms with Crippen molar-refractivity contribution >= 4 is 39.1 Å². The van der Waals surface area contributed by atoms with Gasteiger partial charge in [-0.2, -0.15) is 0 Å². The lowest BCUT2D eigenvalue weighted by molar-refractivity contribution is -0.140. The Hall–Kier alpha value is -2.72. The summed E-state index contributed by atoms with van der Waals surface area (Å²) >= 11 is 6.13. The van der Waals surface area contributed by atoms with E-state index in [-0.39, 0.29) is 29.2 Å². The second-order valence-corrected chi connectivity index (χ2v) is 9.94. The predicted octanol–water partition coefficient (Wildman–Crippen LogP) is 2.66. The molecule has 2 aromatic rings. The van der Waals surface area contributed by atoms with E-state index in [1.165, 1.54) is 50.4 Å². The van der Waals surface area contributed by atoms with Gasteiger partial charge in [0.2, 0.25) is 10.0 Å². The first-order valence-electron chi connectivity index (χ1n) is 9.65. The number of sulfonamides is 1. The number of likely N-dealkylation sites (tertiary alicyclic amines) is 1. The number of aliphatic hydroxyl groups excluding tert-OH is 1. The maximum atomic E-state index is 12.9. The number of hydrogen-bond donors (Lipinski definition) is 1. The van der Waals surface area contributed by atoms with Crippen LogP contribution in [0.3, 0.4) is 0 Å². The van der Waals surface area contributed by atoms with Gasteiger partial charge in [0.1, 0.15) is 5.76 Å². The van der Waals surface area contributed by atoms with E-state index in [9.17, 15) is 23.1 Å². The minimum Gasteiger partial charge on any atom is -0.507 e. The summed E-state index contributed by atoms with van der Waals surface area (Å²) in [7, 11) is 0.648. The lowest BCUT2D eigenvalue weighted by atomic mass is 9.95. The van der Waals surface area contributed by atoms with Crippen molar-refractivity contribution in [2.24, 2.45) is 0 Å². The second-order valence-electron chi connectivity index (χ2n) is 7.35. The molecule has 2 aromatic carbocycles. The van der Waals surface area contributed by atoms with Crippen molar-refractivity contribution in [1.82, 2.24) is 9.21 Å². The highest BCUT2D eigenvalue weighted by molar-refractivity contribution is 7.89. The zero-order valence-electron chi connectivity index (χ0n) is 17.8. The van der Waals surface area contributed by atoms with Crippen molar-refractivity contribution in [3.8, 4) is 0 Å². The first kappa shape index (κ1) is 23.9. The summed E-state index contributed by atoms with van der Waals surface area (Å²) in [5.41, 5.74) is 0.664. The quantitative estimate of drug-likeness (QED) is 0.372. The van der Waals surface area contributed by atoms with Gasteiger partial charge in [0.05, 0.1) is 23.1 Å². The molecule has 0 spiro atoms. The van der Waals surface area contributed by atoms with Crippen molar-refractivity contribution in [3.05, 3.63) is 70.3 Å². The lowest BCUT2D eigenvalue weighted by Gasteiger charge is -2.25. The van der Waals surface area contributed by atoms with Gasteiger partial charge < -0.3 is 14.7 Å². The number of rotatable bonds is 7. The van der Waals surface area contributed by atoms with E-state index in [0.29, 0.717) is 10.6 Å². The van der Waals surface area contributed by atoms with Crippen molar-refractivity contribution < 1.29 is 27.9 Å². The number of benzene rings is 2. The number of nitrogens with zero attached hydrogens (tertiary/aromatic N) is 2. The van der Waals surface area contributed by atoms with Crippen molar-refractivity contribution in [1.29, 1.82) is 0 Å². The number of carbonyl (C=O) groups excluding carboxylic acids is 2. The third kappa shape index (κ3) is 4.42. The largest absolute Gasteiger partial charge is 0.507 e. The van der Waals surface area contributed by atoms with Gasteiger partial charge in [-0.25, -0.2) is 12.7 Å². The molecular formula is C22H23ClN2O6S. The third-order valence-electron chi connectivity index (χ3n) is 5.15. The van der Waals surface area contributed by atoms with Crippen LogP contribution in [-0.4, -0.2) is 68.8 Å². The van der Waals surface area contributed by atoms with Crippen LogP contribution in [-0.2, 0) is 24.3 Å². The number of methoxy groups -OCH3 is 1. The maximum absolute atomic E-state index is 12.9. The fourth-order valence-corrected chi connectivity index (χ4v) is 4.57. The van der Waals surface area contributed by atoms with E-state index >= 15 is 0 Å². The van der Waals surface area contributed by atoms with Crippen LogP contribution in [0.1, 0.15) is 17.2 Å². The Morgan fingerprint density at radius 3 is 2.38 bits per heavy atom. The van der Waals surface area contributed by atoms with Gasteiger partial charge in [0.25, 0.3) is 11.7 Å². The molecule has 0 unspecified atom stereocenters. The summed E-state index contributed by atoms with van der Waals surface area (Å²) < 4.78 is 30.7. The zero-order valence-corrected chi connectivity index (χ0v) is 19.4.